The van der Waals surface area contributed by atoms with Gasteiger partial charge in [0.15, 0.2) is 5.82 Å². The molecule has 2 aromatic rings. The summed E-state index contributed by atoms with van der Waals surface area (Å²) in [7, 11) is 0. The Morgan fingerprint density at radius 1 is 1.29 bits per heavy atom. The van der Waals surface area contributed by atoms with Crippen LogP contribution in [0.3, 0.4) is 0 Å². The zero-order chi connectivity index (χ0) is 14.8. The van der Waals surface area contributed by atoms with Crippen molar-refractivity contribution in [2.45, 2.75) is 20.4 Å². The summed E-state index contributed by atoms with van der Waals surface area (Å²) < 4.78 is 0. The molecule has 1 aliphatic heterocycles. The van der Waals surface area contributed by atoms with E-state index < -0.39 is 0 Å². The van der Waals surface area contributed by atoms with Gasteiger partial charge in [0.1, 0.15) is 6.07 Å². The summed E-state index contributed by atoms with van der Waals surface area (Å²) in [6.45, 7) is 6.47. The molecule has 0 bridgehead atoms. The predicted octanol–water partition coefficient (Wildman–Crippen LogP) is 2.81. The maximum atomic E-state index is 9.51. The molecule has 0 fully saturated rings. The molecule has 0 amide bonds. The van der Waals surface area contributed by atoms with Crippen LogP contribution in [0.15, 0.2) is 30.3 Å². The first-order valence-electron chi connectivity index (χ1n) is 7.15. The molecule has 106 valence electrons. The molecule has 0 spiro atoms. The van der Waals surface area contributed by atoms with Crippen molar-refractivity contribution in [3.8, 4) is 6.07 Å². The lowest BCUT2D eigenvalue weighted by molar-refractivity contribution is 0.710. The number of nitriles is 1. The second-order valence-corrected chi connectivity index (χ2v) is 5.35. The Balaban J connectivity index is 2.19. The van der Waals surface area contributed by atoms with E-state index in [1.807, 2.05) is 32.0 Å². The van der Waals surface area contributed by atoms with Crippen LogP contribution in [0.1, 0.15) is 22.4 Å². The van der Waals surface area contributed by atoms with Crippen molar-refractivity contribution in [1.29, 1.82) is 5.26 Å². The van der Waals surface area contributed by atoms with Crippen LogP contribution in [0.25, 0.3) is 0 Å². The summed E-state index contributed by atoms with van der Waals surface area (Å²) in [5, 5.41) is 12.9. The van der Waals surface area contributed by atoms with Crippen molar-refractivity contribution < 1.29 is 0 Å². The highest BCUT2D eigenvalue weighted by Gasteiger charge is 2.21. The van der Waals surface area contributed by atoms with E-state index in [1.165, 1.54) is 5.56 Å². The number of hydrogen-bond donors (Lipinski definition) is 1. The monoisotopic (exact) mass is 278 g/mol. The first kappa shape index (κ1) is 13.6. The maximum Gasteiger partial charge on any atom is 0.151 e. The topological polar surface area (TPSA) is 52.0 Å². The van der Waals surface area contributed by atoms with Gasteiger partial charge in [-0.15, -0.1) is 0 Å². The normalized spacial score (nSPS) is 14.2. The largest absolute Gasteiger partial charge is 0.324 e. The van der Waals surface area contributed by atoms with Gasteiger partial charge in [-0.25, -0.2) is 4.98 Å². The summed E-state index contributed by atoms with van der Waals surface area (Å²) in [6.07, 6.45) is 0. The fourth-order valence-corrected chi connectivity index (χ4v) is 2.83. The quantitative estimate of drug-likeness (QED) is 0.871. The summed E-state index contributed by atoms with van der Waals surface area (Å²) in [5.74, 6) is 0.770. The number of hydrogen-bond acceptors (Lipinski definition) is 4. The van der Waals surface area contributed by atoms with E-state index in [-0.39, 0.29) is 0 Å². The highest BCUT2D eigenvalue weighted by molar-refractivity contribution is 5.70. The number of aryl methyl sites for hydroxylation is 2. The van der Waals surface area contributed by atoms with E-state index in [0.29, 0.717) is 5.56 Å². The van der Waals surface area contributed by atoms with Crippen molar-refractivity contribution in [3.05, 3.63) is 52.7 Å². The highest BCUT2D eigenvalue weighted by Crippen LogP contribution is 2.32. The number of pyridine rings is 1. The minimum Gasteiger partial charge on any atom is -0.324 e. The molecule has 0 unspecified atom stereocenters. The lowest BCUT2D eigenvalue weighted by Crippen LogP contribution is -2.26. The van der Waals surface area contributed by atoms with Gasteiger partial charge in [-0.2, -0.15) is 5.26 Å². The van der Waals surface area contributed by atoms with Crippen LogP contribution in [0.2, 0.25) is 0 Å². The maximum absolute atomic E-state index is 9.51. The molecule has 0 saturated carbocycles. The molecular formula is C17H18N4. The van der Waals surface area contributed by atoms with Crippen LogP contribution in [0.4, 0.5) is 11.5 Å². The van der Waals surface area contributed by atoms with Crippen molar-refractivity contribution in [2.24, 2.45) is 0 Å². The molecule has 21 heavy (non-hydrogen) atoms. The number of rotatable bonds is 1. The molecule has 1 aliphatic rings. The minimum absolute atomic E-state index is 0.664. The number of para-hydroxylation sites is 1. The molecule has 0 radical (unpaired) electrons. The Labute approximate surface area is 125 Å². The Morgan fingerprint density at radius 3 is 2.90 bits per heavy atom. The zero-order valence-electron chi connectivity index (χ0n) is 12.3. The van der Waals surface area contributed by atoms with Crippen molar-refractivity contribution in [3.63, 3.8) is 0 Å². The average Bonchev–Trinajstić information content (AvgIpc) is 2.68. The molecule has 0 aliphatic carbocycles. The second kappa shape index (κ2) is 5.55. The van der Waals surface area contributed by atoms with Crippen molar-refractivity contribution in [2.75, 3.05) is 18.0 Å². The predicted molar refractivity (Wildman–Crippen MR) is 83.6 cm³/mol. The molecule has 1 N–H and O–H groups in total. The van der Waals surface area contributed by atoms with Gasteiger partial charge in [-0.1, -0.05) is 18.2 Å². The van der Waals surface area contributed by atoms with Gasteiger partial charge in [0.25, 0.3) is 0 Å². The molecule has 4 heteroatoms. The first-order chi connectivity index (χ1) is 10.2. The molecule has 0 saturated heterocycles. The molecule has 0 atom stereocenters. The fraction of sp³-hybridized carbons (Fsp3) is 0.294. The first-order valence-corrected chi connectivity index (χ1v) is 7.15. The Kier molecular flexibility index (Phi) is 3.59. The number of nitrogens with one attached hydrogen (secondary N) is 1. The molecule has 3 rings (SSSR count). The zero-order valence-corrected chi connectivity index (χ0v) is 12.3. The fourth-order valence-electron chi connectivity index (χ4n) is 2.83. The molecular weight excluding hydrogens is 260 g/mol. The van der Waals surface area contributed by atoms with E-state index in [2.05, 4.69) is 33.4 Å². The van der Waals surface area contributed by atoms with Crippen molar-refractivity contribution >= 4 is 11.5 Å². The standard InChI is InChI=1S/C17H18N4/c1-12-9-13(2)20-17(15(12)10-18)21-8-7-19-11-14-5-3-4-6-16(14)21/h3-6,9,19H,7-8,11H2,1-2H3. The van der Waals surface area contributed by atoms with E-state index in [1.54, 1.807) is 0 Å². The van der Waals surface area contributed by atoms with Gasteiger partial charge < -0.3 is 10.2 Å². The average molecular weight is 278 g/mol. The van der Waals surface area contributed by atoms with Gasteiger partial charge in [-0.05, 0) is 37.1 Å². The van der Waals surface area contributed by atoms with E-state index in [4.69, 9.17) is 0 Å². The lowest BCUT2D eigenvalue weighted by atomic mass is 10.1. The molecule has 2 heterocycles. The van der Waals surface area contributed by atoms with Crippen LogP contribution in [-0.4, -0.2) is 18.1 Å². The number of benzene rings is 1. The second-order valence-electron chi connectivity index (χ2n) is 5.35. The third-order valence-corrected chi connectivity index (χ3v) is 3.80. The summed E-state index contributed by atoms with van der Waals surface area (Å²) >= 11 is 0. The lowest BCUT2D eigenvalue weighted by Gasteiger charge is -2.25. The number of aromatic nitrogens is 1. The van der Waals surface area contributed by atoms with Crippen molar-refractivity contribution in [1.82, 2.24) is 10.3 Å². The van der Waals surface area contributed by atoms with E-state index in [0.717, 1.165) is 42.4 Å². The van der Waals surface area contributed by atoms with E-state index in [9.17, 15) is 5.26 Å². The van der Waals surface area contributed by atoms with E-state index >= 15 is 0 Å². The summed E-state index contributed by atoms with van der Waals surface area (Å²) in [4.78, 5) is 6.81. The minimum atomic E-state index is 0.664. The summed E-state index contributed by atoms with van der Waals surface area (Å²) in [5.41, 5.74) is 4.96. The highest BCUT2D eigenvalue weighted by atomic mass is 15.2. The van der Waals surface area contributed by atoms with Crippen LogP contribution in [-0.2, 0) is 6.54 Å². The van der Waals surface area contributed by atoms with Gasteiger partial charge in [-0.3, -0.25) is 0 Å². The van der Waals surface area contributed by atoms with Gasteiger partial charge >= 0.3 is 0 Å². The third kappa shape index (κ3) is 2.48. The van der Waals surface area contributed by atoms with Crippen LogP contribution in [0, 0.1) is 25.2 Å². The van der Waals surface area contributed by atoms with Crippen LogP contribution in [0.5, 0.6) is 0 Å². The molecule has 1 aromatic heterocycles. The number of nitrogens with zero attached hydrogens (tertiary/aromatic N) is 3. The number of anilines is 2. The van der Waals surface area contributed by atoms with Crippen LogP contribution < -0.4 is 10.2 Å². The third-order valence-electron chi connectivity index (χ3n) is 3.80. The Bertz CT molecular complexity index is 715. The summed E-state index contributed by atoms with van der Waals surface area (Å²) in [6, 6.07) is 12.6. The Morgan fingerprint density at radius 2 is 2.10 bits per heavy atom. The molecule has 4 nitrogen and oxygen atoms in total. The van der Waals surface area contributed by atoms with Gasteiger partial charge in [0.05, 0.1) is 5.56 Å². The smallest absolute Gasteiger partial charge is 0.151 e. The van der Waals surface area contributed by atoms with Gasteiger partial charge in [0, 0.05) is 31.0 Å². The molecule has 1 aromatic carbocycles. The number of fused-ring (bicyclic) bond motifs is 1. The van der Waals surface area contributed by atoms with Gasteiger partial charge in [0.2, 0.25) is 0 Å². The van der Waals surface area contributed by atoms with Crippen LogP contribution >= 0.6 is 0 Å². The SMILES string of the molecule is Cc1cc(C)c(C#N)c(N2CCNCc3ccccc32)n1. The Hall–Kier alpha value is -2.38.